The van der Waals surface area contributed by atoms with E-state index in [1.165, 1.54) is 18.2 Å². The van der Waals surface area contributed by atoms with Crippen molar-refractivity contribution in [3.8, 4) is 0 Å². The zero-order valence-corrected chi connectivity index (χ0v) is 12.0. The molecule has 1 heterocycles. The first-order valence-electron chi connectivity index (χ1n) is 5.50. The molecule has 1 aromatic rings. The van der Waals surface area contributed by atoms with E-state index < -0.39 is 21.9 Å². The van der Waals surface area contributed by atoms with Gasteiger partial charge in [0.05, 0.1) is 20.9 Å². The van der Waals surface area contributed by atoms with E-state index in [0.717, 1.165) is 4.31 Å². The van der Waals surface area contributed by atoms with Gasteiger partial charge in [0.15, 0.2) is 0 Å². The first kappa shape index (κ1) is 14.6. The number of benzene rings is 1. The van der Waals surface area contributed by atoms with Crippen LogP contribution in [0.15, 0.2) is 23.1 Å². The molecule has 1 fully saturated rings. The van der Waals surface area contributed by atoms with Crippen LogP contribution < -0.4 is 0 Å². The molecule has 0 aromatic heterocycles. The molecule has 1 aliphatic heterocycles. The summed E-state index contributed by atoms with van der Waals surface area (Å²) < 4.78 is 25.8. The molecule has 0 saturated carbocycles. The van der Waals surface area contributed by atoms with Crippen LogP contribution >= 0.6 is 23.2 Å². The van der Waals surface area contributed by atoms with Crippen molar-refractivity contribution in [2.75, 3.05) is 13.1 Å². The molecule has 1 aromatic carbocycles. The van der Waals surface area contributed by atoms with Gasteiger partial charge in [-0.05, 0) is 24.6 Å². The maximum Gasteiger partial charge on any atom is 0.307 e. The summed E-state index contributed by atoms with van der Waals surface area (Å²) >= 11 is 11.5. The van der Waals surface area contributed by atoms with Gasteiger partial charge in [-0.15, -0.1) is 0 Å². The lowest BCUT2D eigenvalue weighted by Gasteiger charge is -2.16. The number of hydrogen-bond donors (Lipinski definition) is 1. The molecule has 19 heavy (non-hydrogen) atoms. The van der Waals surface area contributed by atoms with Crippen molar-refractivity contribution in [3.05, 3.63) is 28.2 Å². The van der Waals surface area contributed by atoms with Crippen LogP contribution in [-0.2, 0) is 14.8 Å². The fourth-order valence-corrected chi connectivity index (χ4v) is 3.82. The van der Waals surface area contributed by atoms with E-state index in [9.17, 15) is 13.2 Å². The number of rotatable bonds is 3. The zero-order valence-electron chi connectivity index (χ0n) is 9.71. The van der Waals surface area contributed by atoms with Gasteiger partial charge < -0.3 is 5.11 Å². The standard InChI is InChI=1S/C11H11Cl2NO4S/c12-9-2-1-8(5-10(9)13)19(17,18)14-4-3-7(6-14)11(15)16/h1-2,5,7H,3-4,6H2,(H,15,16)/t7-/m0/s1. The Morgan fingerprint density at radius 1 is 1.32 bits per heavy atom. The number of carboxylic acids is 1. The Labute approximate surface area is 120 Å². The van der Waals surface area contributed by atoms with Crippen LogP contribution in [0.1, 0.15) is 6.42 Å². The summed E-state index contributed by atoms with van der Waals surface area (Å²) in [4.78, 5) is 10.9. The maximum atomic E-state index is 12.3. The maximum absolute atomic E-state index is 12.3. The zero-order chi connectivity index (χ0) is 14.2. The van der Waals surface area contributed by atoms with Crippen LogP contribution in [0.2, 0.25) is 10.0 Å². The number of nitrogens with zero attached hydrogens (tertiary/aromatic N) is 1. The third-order valence-corrected chi connectivity index (χ3v) is 5.63. The molecule has 0 radical (unpaired) electrons. The predicted octanol–water partition coefficient (Wildman–Crippen LogP) is 2.09. The first-order valence-corrected chi connectivity index (χ1v) is 7.70. The molecule has 5 nitrogen and oxygen atoms in total. The minimum absolute atomic E-state index is 0.0160. The van der Waals surface area contributed by atoms with Crippen molar-refractivity contribution in [2.24, 2.45) is 5.92 Å². The monoisotopic (exact) mass is 323 g/mol. The van der Waals surface area contributed by atoms with E-state index in [4.69, 9.17) is 28.3 Å². The van der Waals surface area contributed by atoms with E-state index >= 15 is 0 Å². The van der Waals surface area contributed by atoms with E-state index in [-0.39, 0.29) is 28.0 Å². The Hall–Kier alpha value is -0.820. The number of halogens is 2. The van der Waals surface area contributed by atoms with Crippen LogP contribution in [0.4, 0.5) is 0 Å². The van der Waals surface area contributed by atoms with Crippen molar-refractivity contribution in [3.63, 3.8) is 0 Å². The second kappa shape index (κ2) is 5.28. The van der Waals surface area contributed by atoms with Crippen LogP contribution in [0.3, 0.4) is 0 Å². The molecular weight excluding hydrogens is 313 g/mol. The van der Waals surface area contributed by atoms with E-state index in [2.05, 4.69) is 0 Å². The minimum Gasteiger partial charge on any atom is -0.481 e. The summed E-state index contributed by atoms with van der Waals surface area (Å²) in [5.41, 5.74) is 0. The first-order chi connectivity index (χ1) is 8.82. The minimum atomic E-state index is -3.72. The Morgan fingerprint density at radius 3 is 2.53 bits per heavy atom. The molecule has 104 valence electrons. The molecule has 8 heteroatoms. The highest BCUT2D eigenvalue weighted by atomic mass is 35.5. The van der Waals surface area contributed by atoms with Gasteiger partial charge in [-0.2, -0.15) is 4.31 Å². The normalized spacial score (nSPS) is 20.6. The Morgan fingerprint density at radius 2 is 2.00 bits per heavy atom. The van der Waals surface area contributed by atoms with Crippen molar-refractivity contribution in [2.45, 2.75) is 11.3 Å². The average molecular weight is 324 g/mol. The quantitative estimate of drug-likeness (QED) is 0.924. The highest BCUT2D eigenvalue weighted by molar-refractivity contribution is 7.89. The molecule has 0 aliphatic carbocycles. The second-order valence-electron chi connectivity index (χ2n) is 4.26. The lowest BCUT2D eigenvalue weighted by atomic mass is 10.1. The van der Waals surface area contributed by atoms with Crippen molar-refractivity contribution < 1.29 is 18.3 Å². The summed E-state index contributed by atoms with van der Waals surface area (Å²) in [6.45, 7) is 0.178. The van der Waals surface area contributed by atoms with Gasteiger partial charge in [0.25, 0.3) is 0 Å². The van der Waals surface area contributed by atoms with Gasteiger partial charge in [0, 0.05) is 13.1 Å². The fraction of sp³-hybridized carbons (Fsp3) is 0.364. The lowest BCUT2D eigenvalue weighted by molar-refractivity contribution is -0.141. The van der Waals surface area contributed by atoms with Gasteiger partial charge >= 0.3 is 5.97 Å². The van der Waals surface area contributed by atoms with E-state index in [0.29, 0.717) is 6.42 Å². The molecular formula is C11H11Cl2NO4S. The largest absolute Gasteiger partial charge is 0.481 e. The van der Waals surface area contributed by atoms with Gasteiger partial charge in [-0.1, -0.05) is 23.2 Å². The number of aliphatic carboxylic acids is 1. The van der Waals surface area contributed by atoms with E-state index in [1.807, 2.05) is 0 Å². The average Bonchev–Trinajstić information content (AvgIpc) is 2.82. The Bertz CT molecular complexity index is 617. The number of sulfonamides is 1. The molecule has 1 saturated heterocycles. The van der Waals surface area contributed by atoms with Gasteiger partial charge in [0.1, 0.15) is 0 Å². The molecule has 2 rings (SSSR count). The van der Waals surface area contributed by atoms with Crippen LogP contribution in [0.25, 0.3) is 0 Å². The van der Waals surface area contributed by atoms with Gasteiger partial charge in [0.2, 0.25) is 10.0 Å². The highest BCUT2D eigenvalue weighted by Crippen LogP contribution is 2.29. The molecule has 0 unspecified atom stereocenters. The number of carbonyl (C=O) groups is 1. The van der Waals surface area contributed by atoms with Crippen molar-refractivity contribution in [1.29, 1.82) is 0 Å². The van der Waals surface area contributed by atoms with E-state index in [1.54, 1.807) is 0 Å². The SMILES string of the molecule is O=C(O)[C@H]1CCN(S(=O)(=O)c2ccc(Cl)c(Cl)c2)C1. The number of hydrogen-bond acceptors (Lipinski definition) is 3. The summed E-state index contributed by atoms with van der Waals surface area (Å²) in [6.07, 6.45) is 0.315. The van der Waals surface area contributed by atoms with Crippen molar-refractivity contribution >= 4 is 39.2 Å². The van der Waals surface area contributed by atoms with Gasteiger partial charge in [-0.3, -0.25) is 4.79 Å². The van der Waals surface area contributed by atoms with Gasteiger partial charge in [-0.25, -0.2) is 8.42 Å². The summed E-state index contributed by atoms with van der Waals surface area (Å²) in [5, 5.41) is 9.31. The summed E-state index contributed by atoms with van der Waals surface area (Å²) in [6, 6.07) is 4.03. The van der Waals surface area contributed by atoms with Crippen LogP contribution in [0, 0.1) is 5.92 Å². The second-order valence-corrected chi connectivity index (χ2v) is 7.02. The highest BCUT2D eigenvalue weighted by Gasteiger charge is 2.35. The third-order valence-electron chi connectivity index (χ3n) is 3.03. The topological polar surface area (TPSA) is 74.7 Å². The lowest BCUT2D eigenvalue weighted by Crippen LogP contribution is -2.30. The molecule has 1 atom stereocenters. The smallest absolute Gasteiger partial charge is 0.307 e. The van der Waals surface area contributed by atoms with Crippen molar-refractivity contribution in [1.82, 2.24) is 4.31 Å². The molecule has 0 bridgehead atoms. The molecule has 0 spiro atoms. The Kier molecular flexibility index (Phi) is 4.06. The van der Waals surface area contributed by atoms with Crippen LogP contribution in [0.5, 0.6) is 0 Å². The predicted molar refractivity (Wildman–Crippen MR) is 71.0 cm³/mol. The molecule has 0 amide bonds. The number of carboxylic acid groups (broad SMARTS) is 1. The molecule has 1 N–H and O–H groups in total. The fourth-order valence-electron chi connectivity index (χ4n) is 1.93. The summed E-state index contributed by atoms with van der Waals surface area (Å²) in [7, 11) is -3.72. The Balaban J connectivity index is 2.28. The molecule has 1 aliphatic rings. The summed E-state index contributed by atoms with van der Waals surface area (Å²) in [5.74, 6) is -1.63. The third kappa shape index (κ3) is 2.86. The van der Waals surface area contributed by atoms with Crippen LogP contribution in [-0.4, -0.2) is 36.9 Å².